The second kappa shape index (κ2) is 9.44. The van der Waals surface area contributed by atoms with Gasteiger partial charge in [0.2, 0.25) is 0 Å². The molecule has 2 heteroatoms. The Morgan fingerprint density at radius 1 is 1.25 bits per heavy atom. The third-order valence-electron chi connectivity index (χ3n) is 3.03. The highest BCUT2D eigenvalue weighted by atomic mass is 16.5. The lowest BCUT2D eigenvalue weighted by Crippen LogP contribution is -2.21. The minimum Gasteiger partial charge on any atom is -0.459 e. The Labute approximate surface area is 100 Å². The van der Waals surface area contributed by atoms with Crippen molar-refractivity contribution in [3.05, 3.63) is 12.7 Å². The van der Waals surface area contributed by atoms with E-state index in [1.165, 1.54) is 38.2 Å². The van der Waals surface area contributed by atoms with E-state index in [1.54, 1.807) is 0 Å². The Morgan fingerprint density at radius 3 is 2.44 bits per heavy atom. The van der Waals surface area contributed by atoms with E-state index in [0.717, 1.165) is 6.42 Å². The monoisotopic (exact) mass is 226 g/mol. The van der Waals surface area contributed by atoms with Gasteiger partial charge in [-0.15, -0.1) is 0 Å². The van der Waals surface area contributed by atoms with Crippen LogP contribution in [0.25, 0.3) is 0 Å². The summed E-state index contributed by atoms with van der Waals surface area (Å²) in [5, 5.41) is 0. The summed E-state index contributed by atoms with van der Waals surface area (Å²) in [6, 6.07) is 0. The molecule has 0 N–H and O–H groups in total. The summed E-state index contributed by atoms with van der Waals surface area (Å²) in [5.74, 6) is 0.121. The Morgan fingerprint density at radius 2 is 1.88 bits per heavy atom. The summed E-state index contributed by atoms with van der Waals surface area (Å²) >= 11 is 0. The maximum atomic E-state index is 11.0. The van der Waals surface area contributed by atoms with Crippen molar-refractivity contribution in [1.82, 2.24) is 0 Å². The molecule has 0 amide bonds. The summed E-state index contributed by atoms with van der Waals surface area (Å²) in [5.41, 5.74) is 0. The first-order valence-electron chi connectivity index (χ1n) is 6.44. The largest absolute Gasteiger partial charge is 0.459 e. The van der Waals surface area contributed by atoms with Crippen LogP contribution in [0, 0.1) is 5.92 Å². The minimum absolute atomic E-state index is 0.00308. The number of unbranched alkanes of at least 4 members (excludes halogenated alkanes) is 4. The molecule has 0 heterocycles. The highest BCUT2D eigenvalue weighted by Crippen LogP contribution is 2.16. The molecule has 0 aromatic rings. The maximum Gasteiger partial charge on any atom is 0.330 e. The van der Waals surface area contributed by atoms with Crippen molar-refractivity contribution in [3.8, 4) is 0 Å². The van der Waals surface area contributed by atoms with Crippen LogP contribution in [0.2, 0.25) is 0 Å². The van der Waals surface area contributed by atoms with Gasteiger partial charge in [0.15, 0.2) is 0 Å². The molecule has 0 aliphatic carbocycles. The predicted octanol–water partition coefficient (Wildman–Crippen LogP) is 4.10. The molecule has 2 atom stereocenters. The molecule has 0 bridgehead atoms. The molecule has 0 saturated carbocycles. The van der Waals surface area contributed by atoms with Crippen LogP contribution in [0.4, 0.5) is 0 Å². The van der Waals surface area contributed by atoms with Gasteiger partial charge >= 0.3 is 5.97 Å². The molecule has 94 valence electrons. The topological polar surface area (TPSA) is 26.3 Å². The van der Waals surface area contributed by atoms with Gasteiger partial charge in [0.1, 0.15) is 6.10 Å². The van der Waals surface area contributed by atoms with E-state index in [-0.39, 0.29) is 12.1 Å². The van der Waals surface area contributed by atoms with Crippen LogP contribution in [0.5, 0.6) is 0 Å². The lowest BCUT2D eigenvalue weighted by Gasteiger charge is -2.19. The lowest BCUT2D eigenvalue weighted by molar-refractivity contribution is -0.144. The molecular weight excluding hydrogens is 200 g/mol. The van der Waals surface area contributed by atoms with Crippen molar-refractivity contribution in [2.45, 2.75) is 65.4 Å². The highest BCUT2D eigenvalue weighted by molar-refractivity contribution is 5.81. The van der Waals surface area contributed by atoms with Crippen molar-refractivity contribution in [1.29, 1.82) is 0 Å². The first-order chi connectivity index (χ1) is 7.61. The van der Waals surface area contributed by atoms with Crippen LogP contribution in [0.15, 0.2) is 12.7 Å². The minimum atomic E-state index is -0.315. The second-order valence-corrected chi connectivity index (χ2v) is 4.53. The highest BCUT2D eigenvalue weighted by Gasteiger charge is 2.14. The molecule has 0 saturated heterocycles. The van der Waals surface area contributed by atoms with E-state index in [0.29, 0.717) is 5.92 Å². The Kier molecular flexibility index (Phi) is 8.97. The predicted molar refractivity (Wildman–Crippen MR) is 68.3 cm³/mol. The zero-order valence-electron chi connectivity index (χ0n) is 11.0. The van der Waals surface area contributed by atoms with E-state index in [9.17, 15) is 4.79 Å². The normalized spacial score (nSPS) is 14.2. The first kappa shape index (κ1) is 15.2. The lowest BCUT2D eigenvalue weighted by atomic mass is 9.98. The third kappa shape index (κ3) is 7.49. The summed E-state index contributed by atoms with van der Waals surface area (Å²) in [6.07, 6.45) is 8.82. The zero-order chi connectivity index (χ0) is 12.4. The molecule has 0 fully saturated rings. The summed E-state index contributed by atoms with van der Waals surface area (Å²) in [4.78, 5) is 11.0. The number of carbonyl (C=O) groups excluding carboxylic acids is 1. The SMILES string of the molecule is C=CC(=O)OC(C)C(C)CCCCCCC. The number of rotatable bonds is 9. The number of carbonyl (C=O) groups is 1. The zero-order valence-corrected chi connectivity index (χ0v) is 11.0. The van der Waals surface area contributed by atoms with Crippen molar-refractivity contribution in [2.24, 2.45) is 5.92 Å². The van der Waals surface area contributed by atoms with Crippen molar-refractivity contribution < 1.29 is 9.53 Å². The number of hydrogen-bond acceptors (Lipinski definition) is 2. The average molecular weight is 226 g/mol. The van der Waals surface area contributed by atoms with Gasteiger partial charge < -0.3 is 4.74 Å². The summed E-state index contributed by atoms with van der Waals surface area (Å²) < 4.78 is 5.18. The average Bonchev–Trinajstić information content (AvgIpc) is 2.28. The molecule has 2 nitrogen and oxygen atoms in total. The molecule has 0 spiro atoms. The molecule has 0 aromatic carbocycles. The molecule has 0 aromatic heterocycles. The third-order valence-corrected chi connectivity index (χ3v) is 3.03. The molecule has 0 aliphatic heterocycles. The maximum absolute atomic E-state index is 11.0. The molecule has 0 rings (SSSR count). The van der Waals surface area contributed by atoms with Crippen molar-refractivity contribution in [2.75, 3.05) is 0 Å². The fraction of sp³-hybridized carbons (Fsp3) is 0.786. The van der Waals surface area contributed by atoms with Gasteiger partial charge in [-0.25, -0.2) is 4.79 Å². The van der Waals surface area contributed by atoms with E-state index in [1.807, 2.05) is 6.92 Å². The van der Waals surface area contributed by atoms with Gasteiger partial charge in [-0.1, -0.05) is 52.5 Å². The van der Waals surface area contributed by atoms with E-state index in [4.69, 9.17) is 4.74 Å². The summed E-state index contributed by atoms with van der Waals surface area (Å²) in [7, 11) is 0. The number of ether oxygens (including phenoxy) is 1. The molecule has 0 aliphatic rings. The van der Waals surface area contributed by atoms with Crippen LogP contribution >= 0.6 is 0 Å². The van der Waals surface area contributed by atoms with Crippen LogP contribution in [-0.2, 0) is 9.53 Å². The Bertz CT molecular complexity index is 199. The van der Waals surface area contributed by atoms with E-state index >= 15 is 0 Å². The molecule has 2 unspecified atom stereocenters. The smallest absolute Gasteiger partial charge is 0.330 e. The molecular formula is C14H26O2. The van der Waals surface area contributed by atoms with Crippen molar-refractivity contribution in [3.63, 3.8) is 0 Å². The quantitative estimate of drug-likeness (QED) is 0.336. The van der Waals surface area contributed by atoms with Crippen LogP contribution in [0.1, 0.15) is 59.3 Å². The van der Waals surface area contributed by atoms with Gasteiger partial charge in [-0.05, 0) is 19.3 Å². The second-order valence-electron chi connectivity index (χ2n) is 4.53. The van der Waals surface area contributed by atoms with Crippen LogP contribution in [0.3, 0.4) is 0 Å². The van der Waals surface area contributed by atoms with Crippen molar-refractivity contribution >= 4 is 5.97 Å². The summed E-state index contributed by atoms with van der Waals surface area (Å²) in [6.45, 7) is 9.71. The number of esters is 1. The van der Waals surface area contributed by atoms with Gasteiger partial charge in [0.25, 0.3) is 0 Å². The van der Waals surface area contributed by atoms with Crippen LogP contribution in [-0.4, -0.2) is 12.1 Å². The fourth-order valence-electron chi connectivity index (χ4n) is 1.65. The fourth-order valence-corrected chi connectivity index (χ4v) is 1.65. The molecule has 16 heavy (non-hydrogen) atoms. The first-order valence-corrected chi connectivity index (χ1v) is 6.44. The van der Waals surface area contributed by atoms with Crippen LogP contribution < -0.4 is 0 Å². The number of hydrogen-bond donors (Lipinski definition) is 0. The van der Waals surface area contributed by atoms with Gasteiger partial charge in [0, 0.05) is 6.08 Å². The van der Waals surface area contributed by atoms with Gasteiger partial charge in [-0.2, -0.15) is 0 Å². The Hall–Kier alpha value is -0.790. The van der Waals surface area contributed by atoms with Gasteiger partial charge in [0.05, 0.1) is 0 Å². The Balaban J connectivity index is 3.58. The van der Waals surface area contributed by atoms with E-state index < -0.39 is 0 Å². The van der Waals surface area contributed by atoms with E-state index in [2.05, 4.69) is 20.4 Å². The van der Waals surface area contributed by atoms with Gasteiger partial charge in [-0.3, -0.25) is 0 Å². The molecule has 0 radical (unpaired) electrons. The standard InChI is InChI=1S/C14H26O2/c1-5-7-8-9-10-11-12(3)13(4)16-14(15)6-2/h6,12-13H,2,5,7-11H2,1,3-4H3.